The van der Waals surface area contributed by atoms with Crippen LogP contribution in [0.3, 0.4) is 0 Å². The summed E-state index contributed by atoms with van der Waals surface area (Å²) < 4.78 is 5.62. The van der Waals surface area contributed by atoms with Crippen LogP contribution in [0, 0.1) is 11.3 Å². The molecule has 108 valence electrons. The van der Waals surface area contributed by atoms with Crippen LogP contribution in [0.4, 0.5) is 0 Å². The molecule has 4 nitrogen and oxygen atoms in total. The van der Waals surface area contributed by atoms with Crippen molar-refractivity contribution in [2.75, 3.05) is 0 Å². The molecule has 3 aromatic rings. The van der Waals surface area contributed by atoms with Crippen LogP contribution in [0.5, 0.6) is 0 Å². The van der Waals surface area contributed by atoms with Crippen molar-refractivity contribution in [3.05, 3.63) is 64.7 Å². The molecule has 0 aliphatic carbocycles. The fourth-order valence-electron chi connectivity index (χ4n) is 1.80. The Morgan fingerprint density at radius 3 is 2.45 bits per heavy atom. The average Bonchev–Trinajstić information content (AvgIpc) is 3.03. The van der Waals surface area contributed by atoms with Crippen molar-refractivity contribution in [2.24, 2.45) is 0 Å². The fourth-order valence-corrected chi connectivity index (χ4v) is 2.64. The molecule has 1 heterocycles. The van der Waals surface area contributed by atoms with Crippen LogP contribution >= 0.6 is 23.4 Å². The molecule has 3 rings (SSSR count). The molecular formula is C16H10ClN3OS. The molecule has 0 bridgehead atoms. The van der Waals surface area contributed by atoms with Crippen molar-refractivity contribution in [3.8, 4) is 17.5 Å². The molecule has 0 spiro atoms. The summed E-state index contributed by atoms with van der Waals surface area (Å²) in [6.45, 7) is 0. The lowest BCUT2D eigenvalue weighted by Crippen LogP contribution is -1.81. The number of aromatic nitrogens is 2. The predicted molar refractivity (Wildman–Crippen MR) is 85.5 cm³/mol. The molecule has 0 fully saturated rings. The van der Waals surface area contributed by atoms with Gasteiger partial charge in [-0.3, -0.25) is 0 Å². The Balaban J connectivity index is 1.66. The van der Waals surface area contributed by atoms with Gasteiger partial charge in [0, 0.05) is 16.3 Å². The maximum Gasteiger partial charge on any atom is 0.277 e. The molecule has 0 saturated heterocycles. The Morgan fingerprint density at radius 1 is 1.05 bits per heavy atom. The van der Waals surface area contributed by atoms with Gasteiger partial charge in [-0.15, -0.1) is 10.2 Å². The highest BCUT2D eigenvalue weighted by Crippen LogP contribution is 2.26. The molecule has 0 amide bonds. The highest BCUT2D eigenvalue weighted by atomic mass is 35.5. The van der Waals surface area contributed by atoms with Crippen LogP contribution in [0.15, 0.2) is 58.2 Å². The van der Waals surface area contributed by atoms with Crippen LogP contribution < -0.4 is 0 Å². The number of nitriles is 1. The van der Waals surface area contributed by atoms with Crippen molar-refractivity contribution in [2.45, 2.75) is 11.0 Å². The number of halogens is 1. The Labute approximate surface area is 136 Å². The van der Waals surface area contributed by atoms with Crippen molar-refractivity contribution >= 4 is 23.4 Å². The van der Waals surface area contributed by atoms with E-state index in [1.54, 1.807) is 24.3 Å². The lowest BCUT2D eigenvalue weighted by molar-refractivity contribution is 0.466. The van der Waals surface area contributed by atoms with Crippen molar-refractivity contribution in [1.29, 1.82) is 5.26 Å². The molecule has 0 aliphatic rings. The minimum absolute atomic E-state index is 0.471. The van der Waals surface area contributed by atoms with E-state index < -0.39 is 0 Å². The molecule has 0 N–H and O–H groups in total. The lowest BCUT2D eigenvalue weighted by atomic mass is 10.2. The van der Waals surface area contributed by atoms with Gasteiger partial charge in [0.25, 0.3) is 5.22 Å². The van der Waals surface area contributed by atoms with Crippen molar-refractivity contribution in [1.82, 2.24) is 10.2 Å². The summed E-state index contributed by atoms with van der Waals surface area (Å²) in [5, 5.41) is 18.0. The lowest BCUT2D eigenvalue weighted by Gasteiger charge is -1.98. The SMILES string of the molecule is N#Cc1ccc(CSc2nnc(-c3ccc(Cl)cc3)o2)cc1. The fraction of sp³-hybridized carbons (Fsp3) is 0.0625. The highest BCUT2D eigenvalue weighted by molar-refractivity contribution is 7.98. The summed E-state index contributed by atoms with van der Waals surface area (Å²) in [4.78, 5) is 0. The van der Waals surface area contributed by atoms with Crippen LogP contribution in [0.1, 0.15) is 11.1 Å². The third kappa shape index (κ3) is 3.48. The molecule has 0 aliphatic heterocycles. The molecular weight excluding hydrogens is 318 g/mol. The summed E-state index contributed by atoms with van der Waals surface area (Å²) >= 11 is 7.31. The topological polar surface area (TPSA) is 62.7 Å². The van der Waals surface area contributed by atoms with E-state index in [0.29, 0.717) is 27.5 Å². The number of hydrogen-bond donors (Lipinski definition) is 0. The van der Waals surface area contributed by atoms with E-state index in [-0.39, 0.29) is 0 Å². The second kappa shape index (κ2) is 6.65. The van der Waals surface area contributed by atoms with Gasteiger partial charge in [0.05, 0.1) is 11.6 Å². The smallest absolute Gasteiger partial charge is 0.277 e. The second-order valence-electron chi connectivity index (χ2n) is 4.48. The quantitative estimate of drug-likeness (QED) is 0.657. The molecule has 2 aromatic carbocycles. The standard InChI is InChI=1S/C16H10ClN3OS/c17-14-7-5-13(6-8-14)15-19-20-16(21-15)22-10-12-3-1-11(9-18)2-4-12/h1-8H,10H2. The highest BCUT2D eigenvalue weighted by Gasteiger charge is 2.09. The molecule has 0 saturated carbocycles. The van der Waals surface area contributed by atoms with E-state index in [2.05, 4.69) is 16.3 Å². The van der Waals surface area contributed by atoms with Crippen LogP contribution in [0.2, 0.25) is 5.02 Å². The molecule has 6 heteroatoms. The Kier molecular flexibility index (Phi) is 4.42. The maximum absolute atomic E-state index is 8.77. The number of hydrogen-bond acceptors (Lipinski definition) is 5. The first-order valence-corrected chi connectivity index (χ1v) is 7.82. The van der Waals surface area contributed by atoms with Gasteiger partial charge in [0.15, 0.2) is 0 Å². The average molecular weight is 328 g/mol. The van der Waals surface area contributed by atoms with Crippen molar-refractivity contribution in [3.63, 3.8) is 0 Å². The molecule has 0 unspecified atom stereocenters. The van der Waals surface area contributed by atoms with Gasteiger partial charge in [0.1, 0.15) is 0 Å². The van der Waals surface area contributed by atoms with Crippen LogP contribution in [0.25, 0.3) is 11.5 Å². The number of benzene rings is 2. The molecule has 22 heavy (non-hydrogen) atoms. The zero-order chi connectivity index (χ0) is 15.4. The van der Waals surface area contributed by atoms with E-state index >= 15 is 0 Å². The Bertz CT molecular complexity index is 807. The summed E-state index contributed by atoms with van der Waals surface area (Å²) in [6, 6.07) is 16.8. The van der Waals surface area contributed by atoms with Gasteiger partial charge in [-0.25, -0.2) is 0 Å². The van der Waals surface area contributed by atoms with Crippen LogP contribution in [-0.4, -0.2) is 10.2 Å². The van der Waals surface area contributed by atoms with Gasteiger partial charge in [-0.05, 0) is 42.0 Å². The predicted octanol–water partition coefficient (Wildman–Crippen LogP) is 4.55. The van der Waals surface area contributed by atoms with Gasteiger partial charge >= 0.3 is 0 Å². The van der Waals surface area contributed by atoms with Gasteiger partial charge < -0.3 is 4.42 Å². The third-order valence-electron chi connectivity index (χ3n) is 2.94. The zero-order valence-corrected chi connectivity index (χ0v) is 12.9. The third-order valence-corrected chi connectivity index (χ3v) is 4.08. The first kappa shape index (κ1) is 14.6. The second-order valence-corrected chi connectivity index (χ2v) is 5.84. The largest absolute Gasteiger partial charge is 0.411 e. The van der Waals surface area contributed by atoms with Crippen LogP contribution in [-0.2, 0) is 5.75 Å². The van der Waals surface area contributed by atoms with Gasteiger partial charge in [0.2, 0.25) is 5.89 Å². The monoisotopic (exact) mass is 327 g/mol. The summed E-state index contributed by atoms with van der Waals surface area (Å²) in [5.74, 6) is 1.17. The number of rotatable bonds is 4. The molecule has 0 radical (unpaired) electrons. The minimum atomic E-state index is 0.471. The van der Waals surface area contributed by atoms with E-state index in [9.17, 15) is 0 Å². The van der Waals surface area contributed by atoms with Gasteiger partial charge in [-0.1, -0.05) is 35.5 Å². The maximum atomic E-state index is 8.77. The first-order chi connectivity index (χ1) is 10.7. The van der Waals surface area contributed by atoms with E-state index in [4.69, 9.17) is 21.3 Å². The number of thioether (sulfide) groups is 1. The zero-order valence-electron chi connectivity index (χ0n) is 11.4. The Morgan fingerprint density at radius 2 is 1.77 bits per heavy atom. The first-order valence-electron chi connectivity index (χ1n) is 6.46. The minimum Gasteiger partial charge on any atom is -0.411 e. The molecule has 0 atom stereocenters. The summed E-state index contributed by atoms with van der Waals surface area (Å²) in [7, 11) is 0. The summed E-state index contributed by atoms with van der Waals surface area (Å²) in [5.41, 5.74) is 2.58. The van der Waals surface area contributed by atoms with Gasteiger partial charge in [-0.2, -0.15) is 5.26 Å². The number of nitrogens with zero attached hydrogens (tertiary/aromatic N) is 3. The van der Waals surface area contributed by atoms with E-state index in [0.717, 1.165) is 11.1 Å². The van der Waals surface area contributed by atoms with E-state index in [1.807, 2.05) is 24.3 Å². The normalized spacial score (nSPS) is 10.4. The van der Waals surface area contributed by atoms with Crippen molar-refractivity contribution < 1.29 is 4.42 Å². The van der Waals surface area contributed by atoms with E-state index in [1.165, 1.54) is 11.8 Å². The molecule has 1 aromatic heterocycles. The summed E-state index contributed by atoms with van der Waals surface area (Å²) in [6.07, 6.45) is 0. The Hall–Kier alpha value is -2.29.